The van der Waals surface area contributed by atoms with E-state index in [9.17, 15) is 14.4 Å². The first-order chi connectivity index (χ1) is 15.0. The van der Waals surface area contributed by atoms with Gasteiger partial charge in [-0.15, -0.1) is 12.4 Å². The van der Waals surface area contributed by atoms with Crippen LogP contribution in [0.4, 0.5) is 4.79 Å². The summed E-state index contributed by atoms with van der Waals surface area (Å²) in [5.74, 6) is -0.479. The van der Waals surface area contributed by atoms with E-state index in [4.69, 9.17) is 15.9 Å². The predicted octanol–water partition coefficient (Wildman–Crippen LogP) is 2.81. The number of hydrogen-bond acceptors (Lipinski definition) is 5. The van der Waals surface area contributed by atoms with E-state index in [-0.39, 0.29) is 54.5 Å². The van der Waals surface area contributed by atoms with E-state index in [0.29, 0.717) is 25.3 Å². The second-order valence-corrected chi connectivity index (χ2v) is 10.3. The Morgan fingerprint density at radius 3 is 2.36 bits per heavy atom. The third-order valence-corrected chi connectivity index (χ3v) is 6.30. The molecule has 10 heteroatoms. The van der Waals surface area contributed by atoms with Gasteiger partial charge in [-0.05, 0) is 43.9 Å². The van der Waals surface area contributed by atoms with E-state index < -0.39 is 18.2 Å². The summed E-state index contributed by atoms with van der Waals surface area (Å²) in [6.45, 7) is 8.65. The molecule has 5 N–H and O–H groups in total. The normalized spacial score (nSPS) is 22.1. The monoisotopic (exact) mass is 487 g/mol. The molecule has 1 heterocycles. The number of amides is 3. The number of amidine groups is 1. The molecule has 33 heavy (non-hydrogen) atoms. The van der Waals surface area contributed by atoms with Crippen LogP contribution in [0.25, 0.3) is 0 Å². The van der Waals surface area contributed by atoms with Crippen molar-refractivity contribution >= 4 is 36.2 Å². The zero-order valence-electron chi connectivity index (χ0n) is 20.4. The highest BCUT2D eigenvalue weighted by Crippen LogP contribution is 2.28. The standard InChI is InChI=1S/C23H41N5O4.ClH/c1-5-32-22(31)27-17(12-23(2,3)4)21(30)28-14-16(19(24)25)11-18(28)20(29)26-13-15-9-7-6-8-10-15;/h15-18H,5-14H2,1-4H3,(H3,24,25)(H,26,29)(H,27,31);1H/t16-,17-,18+;/m1./s1. The van der Waals surface area contributed by atoms with Crippen LogP contribution in [0.1, 0.15) is 72.6 Å². The predicted molar refractivity (Wildman–Crippen MR) is 130 cm³/mol. The molecule has 2 aliphatic rings. The highest BCUT2D eigenvalue weighted by atomic mass is 35.5. The number of nitrogens with zero attached hydrogens (tertiary/aromatic N) is 1. The number of ether oxygens (including phenoxy) is 1. The highest BCUT2D eigenvalue weighted by Gasteiger charge is 2.43. The molecule has 190 valence electrons. The Hall–Kier alpha value is -2.03. The zero-order valence-corrected chi connectivity index (χ0v) is 21.3. The van der Waals surface area contributed by atoms with Gasteiger partial charge in [0.25, 0.3) is 0 Å². The summed E-state index contributed by atoms with van der Waals surface area (Å²) < 4.78 is 4.98. The van der Waals surface area contributed by atoms with Crippen LogP contribution in [0.5, 0.6) is 0 Å². The number of carbonyl (C=O) groups excluding carboxylic acids is 3. The van der Waals surface area contributed by atoms with Crippen LogP contribution in [0.3, 0.4) is 0 Å². The van der Waals surface area contributed by atoms with E-state index in [1.165, 1.54) is 24.2 Å². The lowest BCUT2D eigenvalue weighted by molar-refractivity contribution is -0.140. The topological polar surface area (TPSA) is 138 Å². The summed E-state index contributed by atoms with van der Waals surface area (Å²) >= 11 is 0. The number of halogens is 1. The number of hydrogen-bond donors (Lipinski definition) is 4. The van der Waals surface area contributed by atoms with E-state index in [2.05, 4.69) is 10.6 Å². The fourth-order valence-corrected chi connectivity index (χ4v) is 4.64. The minimum absolute atomic E-state index is 0. The van der Waals surface area contributed by atoms with Crippen LogP contribution in [-0.4, -0.2) is 60.4 Å². The molecule has 3 atom stereocenters. The number of likely N-dealkylation sites (tertiary alicyclic amines) is 1. The summed E-state index contributed by atoms with van der Waals surface area (Å²) in [7, 11) is 0. The molecule has 2 fully saturated rings. The zero-order chi connectivity index (χ0) is 23.9. The number of alkyl carbamates (subject to hydrolysis) is 1. The minimum atomic E-state index is -0.826. The Labute approximate surface area is 203 Å². The maximum absolute atomic E-state index is 13.5. The van der Waals surface area contributed by atoms with Crippen molar-refractivity contribution in [1.29, 1.82) is 5.41 Å². The molecular weight excluding hydrogens is 446 g/mol. The summed E-state index contributed by atoms with van der Waals surface area (Å²) in [6.07, 6.45) is 5.90. The van der Waals surface area contributed by atoms with E-state index in [0.717, 1.165) is 12.8 Å². The van der Waals surface area contributed by atoms with Crippen LogP contribution in [0.15, 0.2) is 0 Å². The van der Waals surface area contributed by atoms with Gasteiger partial charge in [0.15, 0.2) is 0 Å². The molecule has 0 aromatic carbocycles. The number of carbonyl (C=O) groups is 3. The van der Waals surface area contributed by atoms with Gasteiger partial charge in [-0.2, -0.15) is 0 Å². The lowest BCUT2D eigenvalue weighted by Crippen LogP contribution is -2.54. The van der Waals surface area contributed by atoms with Crippen LogP contribution >= 0.6 is 12.4 Å². The van der Waals surface area contributed by atoms with Crippen LogP contribution in [-0.2, 0) is 14.3 Å². The van der Waals surface area contributed by atoms with Crippen molar-refractivity contribution in [3.05, 3.63) is 0 Å². The fourth-order valence-electron chi connectivity index (χ4n) is 4.64. The minimum Gasteiger partial charge on any atom is -0.450 e. The van der Waals surface area contributed by atoms with Crippen molar-refractivity contribution in [1.82, 2.24) is 15.5 Å². The third-order valence-electron chi connectivity index (χ3n) is 6.30. The van der Waals surface area contributed by atoms with Crippen molar-refractivity contribution in [2.75, 3.05) is 19.7 Å². The van der Waals surface area contributed by atoms with Crippen LogP contribution in [0, 0.1) is 22.7 Å². The molecule has 1 aliphatic heterocycles. The molecule has 1 saturated heterocycles. The smallest absolute Gasteiger partial charge is 0.407 e. The second-order valence-electron chi connectivity index (χ2n) is 10.3. The van der Waals surface area contributed by atoms with Crippen molar-refractivity contribution in [2.45, 2.75) is 84.7 Å². The van der Waals surface area contributed by atoms with Crippen LogP contribution in [0.2, 0.25) is 0 Å². The number of rotatable bonds is 8. The maximum Gasteiger partial charge on any atom is 0.407 e. The molecular formula is C23H42ClN5O4. The quantitative estimate of drug-likeness (QED) is 0.308. The van der Waals surface area contributed by atoms with Gasteiger partial charge < -0.3 is 26.0 Å². The average Bonchev–Trinajstić information content (AvgIpc) is 3.17. The van der Waals surface area contributed by atoms with Gasteiger partial charge in [-0.1, -0.05) is 40.0 Å². The van der Waals surface area contributed by atoms with Crippen molar-refractivity contribution in [2.24, 2.45) is 23.0 Å². The lowest BCUT2D eigenvalue weighted by Gasteiger charge is -2.32. The van der Waals surface area contributed by atoms with Crippen molar-refractivity contribution in [3.8, 4) is 0 Å². The van der Waals surface area contributed by atoms with Crippen molar-refractivity contribution < 1.29 is 19.1 Å². The molecule has 1 saturated carbocycles. The highest BCUT2D eigenvalue weighted by molar-refractivity contribution is 5.93. The molecule has 0 unspecified atom stereocenters. The SMILES string of the molecule is CCOC(=O)N[C@H](CC(C)(C)C)C(=O)N1C[C@H](C(=N)N)C[C@H]1C(=O)NCC1CCCCC1.Cl. The third kappa shape index (κ3) is 9.02. The summed E-state index contributed by atoms with van der Waals surface area (Å²) in [5, 5.41) is 13.6. The molecule has 2 rings (SSSR count). The fraction of sp³-hybridized carbons (Fsp3) is 0.826. The Morgan fingerprint density at radius 1 is 1.18 bits per heavy atom. The van der Waals surface area contributed by atoms with E-state index in [1.54, 1.807) is 6.92 Å². The van der Waals surface area contributed by atoms with Gasteiger partial charge >= 0.3 is 6.09 Å². The Morgan fingerprint density at radius 2 is 1.82 bits per heavy atom. The van der Waals surface area contributed by atoms with Gasteiger partial charge in [-0.25, -0.2) is 4.79 Å². The number of nitrogens with one attached hydrogen (secondary N) is 3. The Kier molecular flexibility index (Phi) is 11.4. The first kappa shape index (κ1) is 29.0. The van der Waals surface area contributed by atoms with Gasteiger partial charge in [0.1, 0.15) is 12.1 Å². The molecule has 0 spiro atoms. The first-order valence-electron chi connectivity index (χ1n) is 11.9. The number of nitrogens with two attached hydrogens (primary N) is 1. The average molecular weight is 488 g/mol. The molecule has 0 radical (unpaired) electrons. The van der Waals surface area contributed by atoms with Gasteiger partial charge in [-0.3, -0.25) is 15.0 Å². The molecule has 0 bridgehead atoms. The molecule has 1 aliphatic carbocycles. The van der Waals surface area contributed by atoms with Crippen molar-refractivity contribution in [3.63, 3.8) is 0 Å². The molecule has 0 aromatic heterocycles. The van der Waals surface area contributed by atoms with Crippen LogP contribution < -0.4 is 16.4 Å². The maximum atomic E-state index is 13.5. The van der Waals surface area contributed by atoms with E-state index >= 15 is 0 Å². The molecule has 0 aromatic rings. The Bertz CT molecular complexity index is 691. The van der Waals surface area contributed by atoms with E-state index in [1.807, 2.05) is 20.8 Å². The van der Waals surface area contributed by atoms with Gasteiger partial charge in [0, 0.05) is 19.0 Å². The second kappa shape index (κ2) is 13.0. The lowest BCUT2D eigenvalue weighted by atomic mass is 9.87. The van der Waals surface area contributed by atoms with Gasteiger partial charge in [0.2, 0.25) is 11.8 Å². The largest absolute Gasteiger partial charge is 0.450 e. The summed E-state index contributed by atoms with van der Waals surface area (Å²) in [5.41, 5.74) is 5.50. The summed E-state index contributed by atoms with van der Waals surface area (Å²) in [4.78, 5) is 40.2. The Balaban J connectivity index is 0.00000544. The molecule has 9 nitrogen and oxygen atoms in total. The first-order valence-corrected chi connectivity index (χ1v) is 11.9. The summed E-state index contributed by atoms with van der Waals surface area (Å²) in [6, 6.07) is -1.53. The molecule has 3 amide bonds. The van der Waals surface area contributed by atoms with Gasteiger partial charge in [0.05, 0.1) is 12.4 Å².